The average molecular weight is 360 g/mol. The van der Waals surface area contributed by atoms with Crippen LogP contribution in [0.15, 0.2) is 11.0 Å². The van der Waals surface area contributed by atoms with E-state index in [0.29, 0.717) is 20.9 Å². The lowest BCUT2D eigenvalue weighted by Gasteiger charge is -2.26. The van der Waals surface area contributed by atoms with Crippen molar-refractivity contribution in [3.8, 4) is 0 Å². The molecular formula is C14H18ClN3O2S2. The van der Waals surface area contributed by atoms with E-state index in [4.69, 9.17) is 11.6 Å². The Morgan fingerprint density at radius 3 is 2.68 bits per heavy atom. The zero-order valence-electron chi connectivity index (χ0n) is 12.7. The standard InChI is InChI=1S/C14H18ClN3O2S2/c1-4-18(8(2)3)11-7-10(22(19,20)9-5-6-9)13-12(16-11)14(15)17-21-13/h7-9H,4-6H2,1-3H3. The van der Waals surface area contributed by atoms with Gasteiger partial charge in [-0.25, -0.2) is 13.4 Å². The molecule has 0 saturated heterocycles. The van der Waals surface area contributed by atoms with Crippen LogP contribution in [0.5, 0.6) is 0 Å². The lowest BCUT2D eigenvalue weighted by atomic mass is 10.3. The highest BCUT2D eigenvalue weighted by Gasteiger charge is 2.39. The predicted octanol–water partition coefficient (Wildman–Crippen LogP) is 3.52. The first-order valence-corrected chi connectivity index (χ1v) is 10.0. The first-order valence-electron chi connectivity index (χ1n) is 7.32. The largest absolute Gasteiger partial charge is 0.354 e. The molecule has 0 N–H and O–H groups in total. The Morgan fingerprint density at radius 1 is 1.45 bits per heavy atom. The van der Waals surface area contributed by atoms with Crippen molar-refractivity contribution in [3.63, 3.8) is 0 Å². The minimum absolute atomic E-state index is 0.219. The van der Waals surface area contributed by atoms with E-state index >= 15 is 0 Å². The first kappa shape index (κ1) is 16.0. The zero-order valence-corrected chi connectivity index (χ0v) is 15.1. The van der Waals surface area contributed by atoms with Gasteiger partial charge in [-0.15, -0.1) is 0 Å². The molecule has 3 rings (SSSR count). The number of rotatable bonds is 5. The molecule has 0 spiro atoms. The van der Waals surface area contributed by atoms with E-state index < -0.39 is 9.84 Å². The maximum atomic E-state index is 12.7. The van der Waals surface area contributed by atoms with E-state index in [1.165, 1.54) is 0 Å². The number of hydrogen-bond acceptors (Lipinski definition) is 6. The van der Waals surface area contributed by atoms with Gasteiger partial charge in [0.25, 0.3) is 0 Å². The minimum Gasteiger partial charge on any atom is -0.354 e. The summed E-state index contributed by atoms with van der Waals surface area (Å²) in [6, 6.07) is 1.91. The third kappa shape index (κ3) is 2.59. The smallest absolute Gasteiger partial charge is 0.182 e. The Morgan fingerprint density at radius 2 is 2.14 bits per heavy atom. The average Bonchev–Trinajstić information content (AvgIpc) is 3.25. The maximum Gasteiger partial charge on any atom is 0.182 e. The number of anilines is 1. The van der Waals surface area contributed by atoms with Gasteiger partial charge in [0.1, 0.15) is 11.3 Å². The fourth-order valence-electron chi connectivity index (χ4n) is 2.56. The molecule has 0 aliphatic heterocycles. The number of hydrogen-bond donors (Lipinski definition) is 0. The molecular weight excluding hydrogens is 342 g/mol. The molecule has 2 aromatic rings. The molecule has 0 amide bonds. The van der Waals surface area contributed by atoms with Gasteiger partial charge in [-0.05, 0) is 45.1 Å². The molecule has 120 valence electrons. The quantitative estimate of drug-likeness (QED) is 0.817. The Balaban J connectivity index is 2.26. The molecule has 22 heavy (non-hydrogen) atoms. The maximum absolute atomic E-state index is 12.7. The van der Waals surface area contributed by atoms with Crippen LogP contribution in [0.1, 0.15) is 33.6 Å². The van der Waals surface area contributed by atoms with Gasteiger partial charge in [-0.2, -0.15) is 4.37 Å². The third-order valence-corrected chi connectivity index (χ3v) is 7.51. The molecule has 1 saturated carbocycles. The normalized spacial score (nSPS) is 15.7. The van der Waals surface area contributed by atoms with Crippen LogP contribution in [0.2, 0.25) is 5.15 Å². The van der Waals surface area contributed by atoms with Crippen LogP contribution in [0.4, 0.5) is 5.82 Å². The molecule has 0 unspecified atom stereocenters. The van der Waals surface area contributed by atoms with Crippen molar-refractivity contribution >= 4 is 49.0 Å². The number of halogens is 1. The van der Waals surface area contributed by atoms with Gasteiger partial charge >= 0.3 is 0 Å². The van der Waals surface area contributed by atoms with Gasteiger partial charge in [-0.1, -0.05) is 11.6 Å². The first-order chi connectivity index (χ1) is 10.4. The Hall–Kier alpha value is -0.920. The van der Waals surface area contributed by atoms with Crippen molar-refractivity contribution in [2.24, 2.45) is 0 Å². The molecule has 8 heteroatoms. The zero-order chi connectivity index (χ0) is 16.1. The highest BCUT2D eigenvalue weighted by molar-refractivity contribution is 7.92. The Bertz CT molecular complexity index is 813. The second-order valence-corrected chi connectivity index (χ2v) is 9.08. The SMILES string of the molecule is CCN(c1cc(S(=O)(=O)C2CC2)c2snc(Cl)c2n1)C(C)C. The van der Waals surface area contributed by atoms with Crippen LogP contribution in [-0.4, -0.2) is 35.6 Å². The van der Waals surface area contributed by atoms with Crippen LogP contribution in [0.25, 0.3) is 10.2 Å². The van der Waals surface area contributed by atoms with Crippen molar-refractivity contribution in [3.05, 3.63) is 11.2 Å². The number of nitrogens with zero attached hydrogens (tertiary/aromatic N) is 3. The Kier molecular flexibility index (Phi) is 4.07. The second-order valence-electron chi connectivity index (χ2n) is 5.75. The monoisotopic (exact) mass is 359 g/mol. The highest BCUT2D eigenvalue weighted by Crippen LogP contribution is 2.40. The van der Waals surface area contributed by atoms with Crippen LogP contribution in [0.3, 0.4) is 0 Å². The summed E-state index contributed by atoms with van der Waals surface area (Å²) in [6.07, 6.45) is 1.46. The van der Waals surface area contributed by atoms with E-state index in [1.807, 2.05) is 6.92 Å². The summed E-state index contributed by atoms with van der Waals surface area (Å²) in [7, 11) is -3.32. The summed E-state index contributed by atoms with van der Waals surface area (Å²) in [4.78, 5) is 6.95. The van der Waals surface area contributed by atoms with Gasteiger partial charge in [0.2, 0.25) is 0 Å². The molecule has 0 radical (unpaired) electrons. The fraction of sp³-hybridized carbons (Fsp3) is 0.571. The van der Waals surface area contributed by atoms with Crippen LogP contribution in [0, 0.1) is 0 Å². The fourth-order valence-corrected chi connectivity index (χ4v) is 5.69. The number of pyridine rings is 1. The molecule has 2 heterocycles. The molecule has 0 atom stereocenters. The molecule has 1 fully saturated rings. The lowest BCUT2D eigenvalue weighted by molar-refractivity contribution is 0.595. The van der Waals surface area contributed by atoms with Crippen molar-refractivity contribution < 1.29 is 8.42 Å². The summed E-state index contributed by atoms with van der Waals surface area (Å²) in [5.74, 6) is 0.645. The summed E-state index contributed by atoms with van der Waals surface area (Å²) in [6.45, 7) is 6.87. The van der Waals surface area contributed by atoms with Crippen molar-refractivity contribution in [1.29, 1.82) is 0 Å². The van der Waals surface area contributed by atoms with Gasteiger partial charge in [0.05, 0.1) is 14.8 Å². The summed E-state index contributed by atoms with van der Waals surface area (Å²) in [5.41, 5.74) is 0.488. The molecule has 2 aromatic heterocycles. The molecule has 1 aliphatic rings. The molecule has 5 nitrogen and oxygen atoms in total. The lowest BCUT2D eigenvalue weighted by Crippen LogP contribution is -2.31. The van der Waals surface area contributed by atoms with Gasteiger partial charge in [0, 0.05) is 18.7 Å². The summed E-state index contributed by atoms with van der Waals surface area (Å²) >= 11 is 7.22. The highest BCUT2D eigenvalue weighted by atomic mass is 35.5. The van der Waals surface area contributed by atoms with Gasteiger partial charge in [0.15, 0.2) is 15.0 Å². The number of aromatic nitrogens is 2. The molecule has 0 aromatic carbocycles. The van der Waals surface area contributed by atoms with E-state index in [1.54, 1.807) is 6.07 Å². The third-order valence-electron chi connectivity index (χ3n) is 3.87. The molecule has 0 bridgehead atoms. The van der Waals surface area contributed by atoms with Gasteiger partial charge < -0.3 is 4.90 Å². The number of sulfone groups is 1. The summed E-state index contributed by atoms with van der Waals surface area (Å²) in [5, 5.41) is 0.00913. The second kappa shape index (κ2) is 5.62. The van der Waals surface area contributed by atoms with Crippen LogP contribution >= 0.6 is 23.1 Å². The van der Waals surface area contributed by atoms with Gasteiger partial charge in [-0.3, -0.25) is 0 Å². The van der Waals surface area contributed by atoms with Crippen LogP contribution < -0.4 is 4.90 Å². The summed E-state index contributed by atoms with van der Waals surface area (Å²) < 4.78 is 30.1. The predicted molar refractivity (Wildman–Crippen MR) is 90.8 cm³/mol. The van der Waals surface area contributed by atoms with E-state index in [-0.39, 0.29) is 16.4 Å². The van der Waals surface area contributed by atoms with E-state index in [9.17, 15) is 8.42 Å². The number of fused-ring (bicyclic) bond motifs is 1. The van der Waals surface area contributed by atoms with Crippen LogP contribution in [-0.2, 0) is 9.84 Å². The van der Waals surface area contributed by atoms with Crippen molar-refractivity contribution in [2.75, 3.05) is 11.4 Å². The Labute approximate surface area is 139 Å². The van der Waals surface area contributed by atoms with Crippen molar-refractivity contribution in [1.82, 2.24) is 9.36 Å². The van der Waals surface area contributed by atoms with Crippen molar-refractivity contribution in [2.45, 2.75) is 49.8 Å². The topological polar surface area (TPSA) is 63.2 Å². The van der Waals surface area contributed by atoms with E-state index in [0.717, 1.165) is 30.9 Å². The molecule has 1 aliphatic carbocycles. The van der Waals surface area contributed by atoms with E-state index in [2.05, 4.69) is 28.1 Å². The minimum atomic E-state index is -3.32.